The van der Waals surface area contributed by atoms with Gasteiger partial charge >= 0.3 is 0 Å². The summed E-state index contributed by atoms with van der Waals surface area (Å²) in [5.41, 5.74) is 0. The molecule has 3 heteroatoms. The van der Waals surface area contributed by atoms with Crippen molar-refractivity contribution < 1.29 is 5.11 Å². The van der Waals surface area contributed by atoms with E-state index in [4.69, 9.17) is 5.11 Å². The van der Waals surface area contributed by atoms with E-state index in [0.29, 0.717) is 12.0 Å². The second-order valence-electron chi connectivity index (χ2n) is 4.60. The van der Waals surface area contributed by atoms with Gasteiger partial charge in [-0.1, -0.05) is 27.7 Å². The van der Waals surface area contributed by atoms with E-state index < -0.39 is 0 Å². The lowest BCUT2D eigenvalue weighted by Gasteiger charge is -2.32. The molecule has 0 aliphatic rings. The highest BCUT2D eigenvalue weighted by molar-refractivity contribution is 4.72. The first kappa shape index (κ1) is 15.9. The third-order valence-electron chi connectivity index (χ3n) is 3.14. The summed E-state index contributed by atoms with van der Waals surface area (Å²) in [6, 6.07) is 0.622. The summed E-state index contributed by atoms with van der Waals surface area (Å²) < 4.78 is 0. The number of hydrogen-bond donors (Lipinski definition) is 2. The van der Waals surface area contributed by atoms with Crippen LogP contribution in [-0.4, -0.2) is 48.8 Å². The van der Waals surface area contributed by atoms with Crippen molar-refractivity contribution in [3.8, 4) is 0 Å². The number of nitrogens with zero attached hydrogens (tertiary/aromatic N) is 1. The normalized spacial score (nSPS) is 13.7. The molecule has 0 saturated heterocycles. The first-order chi connectivity index (χ1) is 7.69. The lowest BCUT2D eigenvalue weighted by atomic mass is 10.1. The van der Waals surface area contributed by atoms with Gasteiger partial charge in [-0.05, 0) is 31.8 Å². The predicted molar refractivity (Wildman–Crippen MR) is 70.7 cm³/mol. The third-order valence-corrected chi connectivity index (χ3v) is 3.14. The lowest BCUT2D eigenvalue weighted by molar-refractivity contribution is 0.126. The Kier molecular flexibility index (Phi) is 9.99. The Morgan fingerprint density at radius 3 is 2.25 bits per heavy atom. The summed E-state index contributed by atoms with van der Waals surface area (Å²) in [5.74, 6) is 0.645. The first-order valence-electron chi connectivity index (χ1n) is 6.75. The van der Waals surface area contributed by atoms with Crippen molar-refractivity contribution in [2.24, 2.45) is 5.92 Å². The van der Waals surface area contributed by atoms with Crippen LogP contribution in [0.4, 0.5) is 0 Å². The van der Waals surface area contributed by atoms with E-state index in [-0.39, 0.29) is 6.61 Å². The summed E-state index contributed by atoms with van der Waals surface area (Å²) in [6.07, 6.45) is 2.34. The SMILES string of the molecule is CCNCC(C)CN(CCO)C(CC)CC. The molecule has 0 aliphatic heterocycles. The second-order valence-corrected chi connectivity index (χ2v) is 4.60. The van der Waals surface area contributed by atoms with E-state index in [0.717, 1.165) is 26.2 Å². The smallest absolute Gasteiger partial charge is 0.0558 e. The van der Waals surface area contributed by atoms with Gasteiger partial charge in [0, 0.05) is 19.1 Å². The van der Waals surface area contributed by atoms with Gasteiger partial charge < -0.3 is 10.4 Å². The van der Waals surface area contributed by atoms with Gasteiger partial charge in [-0.15, -0.1) is 0 Å². The third kappa shape index (κ3) is 6.46. The fraction of sp³-hybridized carbons (Fsp3) is 1.00. The standard InChI is InChI=1S/C13H30N2O/c1-5-13(6-2)15(8-9-16)11-12(4)10-14-7-3/h12-14,16H,5-11H2,1-4H3. The summed E-state index contributed by atoms with van der Waals surface area (Å²) >= 11 is 0. The molecule has 0 radical (unpaired) electrons. The Balaban J connectivity index is 4.08. The average Bonchev–Trinajstić information content (AvgIpc) is 2.28. The Hall–Kier alpha value is -0.120. The van der Waals surface area contributed by atoms with Crippen molar-refractivity contribution in [2.75, 3.05) is 32.8 Å². The minimum atomic E-state index is 0.268. The van der Waals surface area contributed by atoms with Gasteiger partial charge in [0.25, 0.3) is 0 Å². The first-order valence-corrected chi connectivity index (χ1v) is 6.75. The van der Waals surface area contributed by atoms with Crippen molar-refractivity contribution in [3.63, 3.8) is 0 Å². The maximum Gasteiger partial charge on any atom is 0.0558 e. The second kappa shape index (κ2) is 10.1. The molecule has 3 nitrogen and oxygen atoms in total. The number of aliphatic hydroxyl groups is 1. The molecule has 0 spiro atoms. The van der Waals surface area contributed by atoms with Crippen LogP contribution in [0.2, 0.25) is 0 Å². The van der Waals surface area contributed by atoms with Crippen molar-refractivity contribution in [3.05, 3.63) is 0 Å². The van der Waals surface area contributed by atoms with E-state index in [1.54, 1.807) is 0 Å². The number of rotatable bonds is 10. The van der Waals surface area contributed by atoms with Crippen LogP contribution in [-0.2, 0) is 0 Å². The van der Waals surface area contributed by atoms with Gasteiger partial charge in [-0.2, -0.15) is 0 Å². The van der Waals surface area contributed by atoms with E-state index in [9.17, 15) is 0 Å². The minimum Gasteiger partial charge on any atom is -0.395 e. The van der Waals surface area contributed by atoms with Gasteiger partial charge in [0.1, 0.15) is 0 Å². The molecule has 0 amide bonds. The molecular formula is C13H30N2O. The monoisotopic (exact) mass is 230 g/mol. The highest BCUT2D eigenvalue weighted by atomic mass is 16.3. The molecule has 16 heavy (non-hydrogen) atoms. The quantitative estimate of drug-likeness (QED) is 0.600. The molecule has 1 atom stereocenters. The molecule has 0 aromatic carbocycles. The highest BCUT2D eigenvalue weighted by Gasteiger charge is 2.16. The predicted octanol–water partition coefficient (Wildman–Crippen LogP) is 1.71. The van der Waals surface area contributed by atoms with Crippen LogP contribution in [0.1, 0.15) is 40.5 Å². The zero-order valence-electron chi connectivity index (χ0n) is 11.5. The highest BCUT2D eigenvalue weighted by Crippen LogP contribution is 2.10. The molecule has 1 unspecified atom stereocenters. The lowest BCUT2D eigenvalue weighted by Crippen LogP contribution is -2.41. The van der Waals surface area contributed by atoms with Crippen molar-refractivity contribution in [1.82, 2.24) is 10.2 Å². The Morgan fingerprint density at radius 2 is 1.81 bits per heavy atom. The topological polar surface area (TPSA) is 35.5 Å². The molecule has 0 aliphatic carbocycles. The van der Waals surface area contributed by atoms with Crippen LogP contribution in [0.3, 0.4) is 0 Å². The van der Waals surface area contributed by atoms with Crippen LogP contribution in [0.15, 0.2) is 0 Å². The van der Waals surface area contributed by atoms with Crippen LogP contribution in [0.5, 0.6) is 0 Å². The summed E-state index contributed by atoms with van der Waals surface area (Å²) in [4.78, 5) is 2.43. The molecule has 0 aromatic heterocycles. The number of aliphatic hydroxyl groups excluding tert-OH is 1. The molecule has 0 aromatic rings. The fourth-order valence-corrected chi connectivity index (χ4v) is 2.21. The molecule has 2 N–H and O–H groups in total. The molecule has 0 rings (SSSR count). The van der Waals surface area contributed by atoms with Crippen LogP contribution >= 0.6 is 0 Å². The van der Waals surface area contributed by atoms with E-state index >= 15 is 0 Å². The van der Waals surface area contributed by atoms with Crippen molar-refractivity contribution >= 4 is 0 Å². The fourth-order valence-electron chi connectivity index (χ4n) is 2.21. The molecule has 0 fully saturated rings. The summed E-state index contributed by atoms with van der Waals surface area (Å²) in [5, 5.41) is 12.5. The van der Waals surface area contributed by atoms with Crippen LogP contribution < -0.4 is 5.32 Å². The largest absolute Gasteiger partial charge is 0.395 e. The summed E-state index contributed by atoms with van der Waals surface area (Å²) in [7, 11) is 0. The minimum absolute atomic E-state index is 0.268. The number of hydrogen-bond acceptors (Lipinski definition) is 3. The van der Waals surface area contributed by atoms with E-state index in [2.05, 4.69) is 37.9 Å². The zero-order valence-corrected chi connectivity index (χ0v) is 11.5. The van der Waals surface area contributed by atoms with Crippen LogP contribution in [0, 0.1) is 5.92 Å². The molecular weight excluding hydrogens is 200 g/mol. The molecule has 0 heterocycles. The molecule has 0 bridgehead atoms. The van der Waals surface area contributed by atoms with Crippen LogP contribution in [0.25, 0.3) is 0 Å². The van der Waals surface area contributed by atoms with E-state index in [1.807, 2.05) is 0 Å². The molecule has 98 valence electrons. The van der Waals surface area contributed by atoms with Gasteiger partial charge in [0.2, 0.25) is 0 Å². The van der Waals surface area contributed by atoms with Crippen molar-refractivity contribution in [2.45, 2.75) is 46.6 Å². The van der Waals surface area contributed by atoms with Gasteiger partial charge in [0.05, 0.1) is 6.61 Å². The van der Waals surface area contributed by atoms with Crippen molar-refractivity contribution in [1.29, 1.82) is 0 Å². The Labute approximate surface area is 101 Å². The molecule has 0 saturated carbocycles. The maximum absolute atomic E-state index is 9.11. The Morgan fingerprint density at radius 1 is 1.19 bits per heavy atom. The van der Waals surface area contributed by atoms with Gasteiger partial charge in [-0.3, -0.25) is 4.90 Å². The van der Waals surface area contributed by atoms with E-state index in [1.165, 1.54) is 12.8 Å². The number of nitrogens with one attached hydrogen (secondary N) is 1. The summed E-state index contributed by atoms with van der Waals surface area (Å²) in [6.45, 7) is 13.1. The van der Waals surface area contributed by atoms with Gasteiger partial charge in [0.15, 0.2) is 0 Å². The Bertz CT molecular complexity index is 149. The van der Waals surface area contributed by atoms with Gasteiger partial charge in [-0.25, -0.2) is 0 Å². The average molecular weight is 230 g/mol. The maximum atomic E-state index is 9.11. The zero-order chi connectivity index (χ0) is 12.4.